The van der Waals surface area contributed by atoms with E-state index in [1.165, 1.54) is 0 Å². The van der Waals surface area contributed by atoms with Crippen molar-refractivity contribution in [3.05, 3.63) is 172 Å². The molecule has 5 aromatic carbocycles. The highest BCUT2D eigenvalue weighted by Crippen LogP contribution is 2.48. The van der Waals surface area contributed by atoms with Gasteiger partial charge in [-0.1, -0.05) is 109 Å². The highest BCUT2D eigenvalue weighted by molar-refractivity contribution is 7.93. The van der Waals surface area contributed by atoms with Gasteiger partial charge in [-0.15, -0.1) is 0 Å². The van der Waals surface area contributed by atoms with Crippen molar-refractivity contribution in [2.45, 2.75) is 54.4 Å². The summed E-state index contributed by atoms with van der Waals surface area (Å²) in [5.41, 5.74) is 4.10. The van der Waals surface area contributed by atoms with Crippen molar-refractivity contribution in [3.8, 4) is 0 Å². The third kappa shape index (κ3) is 8.03. The molecule has 0 amide bonds. The Balaban J connectivity index is 1.11. The molecule has 0 aliphatic carbocycles. The average Bonchev–Trinajstić information content (AvgIpc) is 3.22. The van der Waals surface area contributed by atoms with Crippen LogP contribution in [0.5, 0.6) is 0 Å². The normalized spacial score (nSPS) is 21.7. The lowest BCUT2D eigenvalue weighted by Gasteiger charge is -2.46. The molecular formula is C44H42ClN3O6S. The molecule has 8 rings (SSSR count). The van der Waals surface area contributed by atoms with E-state index in [2.05, 4.69) is 26.7 Å². The lowest BCUT2D eigenvalue weighted by Crippen LogP contribution is -2.49. The Bertz CT molecular complexity index is 2350. The number of pyridine rings is 1. The number of nitrogens with zero attached hydrogens (tertiary/aromatic N) is 2. The fourth-order valence-corrected chi connectivity index (χ4v) is 9.18. The van der Waals surface area contributed by atoms with E-state index in [0.717, 1.165) is 27.6 Å². The Kier molecular flexibility index (Phi) is 10.7. The van der Waals surface area contributed by atoms with Crippen LogP contribution in [0.3, 0.4) is 0 Å². The van der Waals surface area contributed by atoms with Crippen molar-refractivity contribution < 1.29 is 28.1 Å². The SMILES string of the molecule is O=S(=O)(Nc1cccc(C2O[C@H](CN3CCC(O)(c4ccc(Cl)cc4)CC3)[C@@H](c3ccccc3)[C@H](c3ccc(CO)cc3)O2)c1)c1cccc2cccnc12. The topological polar surface area (TPSA) is 121 Å². The number of aromatic nitrogens is 1. The molecule has 0 saturated carbocycles. The van der Waals surface area contributed by atoms with Crippen molar-refractivity contribution >= 4 is 38.2 Å². The van der Waals surface area contributed by atoms with Gasteiger partial charge in [0.25, 0.3) is 10.0 Å². The molecule has 3 N–H and O–H groups in total. The molecule has 0 bridgehead atoms. The Morgan fingerprint density at radius 3 is 2.25 bits per heavy atom. The lowest BCUT2D eigenvalue weighted by molar-refractivity contribution is -0.264. The van der Waals surface area contributed by atoms with Gasteiger partial charge in [-0.2, -0.15) is 0 Å². The van der Waals surface area contributed by atoms with Crippen molar-refractivity contribution in [2.75, 3.05) is 24.4 Å². The smallest absolute Gasteiger partial charge is 0.264 e. The molecule has 9 nitrogen and oxygen atoms in total. The van der Waals surface area contributed by atoms with E-state index in [9.17, 15) is 18.6 Å². The van der Waals surface area contributed by atoms with Crippen LogP contribution < -0.4 is 4.72 Å². The summed E-state index contributed by atoms with van der Waals surface area (Å²) in [5, 5.41) is 22.8. The van der Waals surface area contributed by atoms with E-state index in [0.29, 0.717) is 54.3 Å². The van der Waals surface area contributed by atoms with Crippen LogP contribution in [0.25, 0.3) is 10.9 Å². The molecule has 2 aliphatic rings. The second kappa shape index (κ2) is 15.8. The van der Waals surface area contributed by atoms with Crippen molar-refractivity contribution in [1.82, 2.24) is 9.88 Å². The minimum absolute atomic E-state index is 0.0723. The fraction of sp³-hybridized carbons (Fsp3) is 0.250. The highest BCUT2D eigenvalue weighted by atomic mass is 35.5. The highest BCUT2D eigenvalue weighted by Gasteiger charge is 2.44. The van der Waals surface area contributed by atoms with E-state index in [1.807, 2.05) is 84.9 Å². The maximum absolute atomic E-state index is 13.8. The Labute approximate surface area is 326 Å². The standard InChI is InChI=1S/C44H42ClN3O6S/c45-36-20-18-35(19-21-36)44(50)22-25-48(26-23-44)28-38-40(31-7-2-1-3-8-31)42(33-16-14-30(29-49)15-17-33)54-43(53-38)34-10-4-12-37(27-34)47-55(51,52)39-13-5-9-32-11-6-24-46-41(32)39/h1-21,24,27,38,40,42-43,47,49-50H,22-23,25-26,28-29H2/t38-,40-,42+,43?/m1/s1. The first-order chi connectivity index (χ1) is 26.7. The summed E-state index contributed by atoms with van der Waals surface area (Å²) >= 11 is 6.14. The Hall–Kier alpha value is -4.65. The van der Waals surface area contributed by atoms with Gasteiger partial charge in [0.15, 0.2) is 6.29 Å². The quantitative estimate of drug-likeness (QED) is 0.128. The predicted octanol–water partition coefficient (Wildman–Crippen LogP) is 8.10. The molecule has 282 valence electrons. The summed E-state index contributed by atoms with van der Waals surface area (Å²) in [6, 6.07) is 41.2. The van der Waals surface area contributed by atoms with Gasteiger partial charge in [-0.3, -0.25) is 9.71 Å². The molecule has 55 heavy (non-hydrogen) atoms. The minimum Gasteiger partial charge on any atom is -0.392 e. The molecule has 0 spiro atoms. The number of hydrogen-bond acceptors (Lipinski definition) is 8. The number of halogens is 1. The molecule has 0 radical (unpaired) electrons. The number of likely N-dealkylation sites (tertiary alicyclic amines) is 1. The molecule has 4 atom stereocenters. The van der Waals surface area contributed by atoms with E-state index in [1.54, 1.807) is 42.6 Å². The third-order valence-corrected chi connectivity index (χ3v) is 12.4. The van der Waals surface area contributed by atoms with E-state index < -0.39 is 28.0 Å². The molecule has 6 aromatic rings. The average molecular weight is 776 g/mol. The van der Waals surface area contributed by atoms with Crippen LogP contribution in [0.4, 0.5) is 5.69 Å². The number of fused-ring (bicyclic) bond motifs is 1. The first kappa shape index (κ1) is 37.3. The maximum atomic E-state index is 13.8. The summed E-state index contributed by atoms with van der Waals surface area (Å²) in [6.07, 6.45) is 1.04. The minimum atomic E-state index is -4.00. The van der Waals surface area contributed by atoms with E-state index in [4.69, 9.17) is 21.1 Å². The van der Waals surface area contributed by atoms with Gasteiger partial charge < -0.3 is 24.6 Å². The number of sulfonamides is 1. The summed E-state index contributed by atoms with van der Waals surface area (Å²) in [6.45, 7) is 1.81. The molecule has 3 heterocycles. The molecule has 1 aromatic heterocycles. The summed E-state index contributed by atoms with van der Waals surface area (Å²) in [4.78, 5) is 6.77. The number of nitrogens with one attached hydrogen (secondary N) is 1. The van der Waals surface area contributed by atoms with Gasteiger partial charge in [0.1, 0.15) is 4.90 Å². The number of aliphatic hydroxyl groups is 2. The Morgan fingerprint density at radius 1 is 0.800 bits per heavy atom. The molecule has 1 unspecified atom stereocenters. The number of para-hydroxylation sites is 1. The molecule has 2 saturated heterocycles. The molecule has 2 aliphatic heterocycles. The summed E-state index contributed by atoms with van der Waals surface area (Å²) in [7, 11) is -4.00. The van der Waals surface area contributed by atoms with E-state index >= 15 is 0 Å². The van der Waals surface area contributed by atoms with Gasteiger partial charge in [-0.25, -0.2) is 8.42 Å². The predicted molar refractivity (Wildman–Crippen MR) is 213 cm³/mol. The number of benzene rings is 5. The first-order valence-corrected chi connectivity index (χ1v) is 20.3. The lowest BCUT2D eigenvalue weighted by atomic mass is 9.81. The number of anilines is 1. The molecular weight excluding hydrogens is 734 g/mol. The van der Waals surface area contributed by atoms with Crippen LogP contribution in [-0.4, -0.2) is 54.3 Å². The summed E-state index contributed by atoms with van der Waals surface area (Å²) < 4.78 is 44.1. The van der Waals surface area contributed by atoms with Crippen molar-refractivity contribution in [2.24, 2.45) is 0 Å². The second-order valence-corrected chi connectivity index (χ2v) is 16.4. The monoisotopic (exact) mass is 775 g/mol. The fourth-order valence-electron chi connectivity index (χ4n) is 7.83. The maximum Gasteiger partial charge on any atom is 0.264 e. The van der Waals surface area contributed by atoms with Crippen molar-refractivity contribution in [3.63, 3.8) is 0 Å². The van der Waals surface area contributed by atoms with Crippen LogP contribution in [0.1, 0.15) is 59.0 Å². The Morgan fingerprint density at radius 2 is 1.51 bits per heavy atom. The number of ether oxygens (including phenoxy) is 2. The number of rotatable bonds is 10. The van der Waals surface area contributed by atoms with Crippen LogP contribution in [0.15, 0.2) is 145 Å². The van der Waals surface area contributed by atoms with Gasteiger partial charge in [0.2, 0.25) is 0 Å². The van der Waals surface area contributed by atoms with E-state index in [-0.39, 0.29) is 23.5 Å². The number of piperidine rings is 1. The zero-order valence-corrected chi connectivity index (χ0v) is 31.6. The number of hydrogen-bond donors (Lipinski definition) is 3. The van der Waals surface area contributed by atoms with Gasteiger partial charge in [0.05, 0.1) is 29.9 Å². The molecule has 2 fully saturated rings. The van der Waals surface area contributed by atoms with Gasteiger partial charge in [-0.05, 0) is 71.5 Å². The summed E-state index contributed by atoms with van der Waals surface area (Å²) in [5.74, 6) is -0.213. The second-order valence-electron chi connectivity index (χ2n) is 14.3. The number of aliphatic hydroxyl groups excluding tert-OH is 1. The zero-order chi connectivity index (χ0) is 38.0. The first-order valence-electron chi connectivity index (χ1n) is 18.4. The zero-order valence-electron chi connectivity index (χ0n) is 30.0. The van der Waals surface area contributed by atoms with Crippen molar-refractivity contribution in [1.29, 1.82) is 0 Å². The van der Waals surface area contributed by atoms with Crippen LogP contribution in [0.2, 0.25) is 5.02 Å². The largest absolute Gasteiger partial charge is 0.392 e. The van der Waals surface area contributed by atoms with Gasteiger partial charge in [0, 0.05) is 53.4 Å². The molecule has 11 heteroatoms. The van der Waals surface area contributed by atoms with Crippen LogP contribution >= 0.6 is 11.6 Å². The van der Waals surface area contributed by atoms with Crippen LogP contribution in [0, 0.1) is 0 Å². The third-order valence-electron chi connectivity index (χ3n) is 10.8. The van der Waals surface area contributed by atoms with Crippen LogP contribution in [-0.2, 0) is 31.7 Å². The van der Waals surface area contributed by atoms with Gasteiger partial charge >= 0.3 is 0 Å².